The second-order valence-corrected chi connectivity index (χ2v) is 5.27. The highest BCUT2D eigenvalue weighted by atomic mass is 16.2. The zero-order chi connectivity index (χ0) is 15.7. The lowest BCUT2D eigenvalue weighted by atomic mass is 10.1. The third-order valence-corrected chi connectivity index (χ3v) is 3.27. The molecule has 2 amide bonds. The van der Waals surface area contributed by atoms with Crippen LogP contribution in [0.5, 0.6) is 0 Å². The highest BCUT2D eigenvalue weighted by molar-refractivity contribution is 5.83. The fourth-order valence-corrected chi connectivity index (χ4v) is 2.19. The highest BCUT2D eigenvalue weighted by Crippen LogP contribution is 2.12. The number of benzene rings is 1. The second kappa shape index (κ2) is 9.00. The normalized spacial score (nSPS) is 10.3. The van der Waals surface area contributed by atoms with E-state index in [-0.39, 0.29) is 12.5 Å². The van der Waals surface area contributed by atoms with Crippen LogP contribution in [-0.2, 0) is 16.1 Å². The highest BCUT2D eigenvalue weighted by Gasteiger charge is 2.15. The first-order valence-electron chi connectivity index (χ1n) is 7.43. The quantitative estimate of drug-likeness (QED) is 0.539. The first-order valence-corrected chi connectivity index (χ1v) is 7.43. The van der Waals surface area contributed by atoms with E-state index >= 15 is 0 Å². The third kappa shape index (κ3) is 6.79. The molecule has 0 spiro atoms. The molecule has 0 aromatic heterocycles. The molecule has 0 aliphatic heterocycles. The molecule has 0 radical (unpaired) electrons. The van der Waals surface area contributed by atoms with Crippen molar-refractivity contribution in [2.24, 2.45) is 5.73 Å². The van der Waals surface area contributed by atoms with Gasteiger partial charge in [-0.3, -0.25) is 9.59 Å². The van der Waals surface area contributed by atoms with E-state index in [1.807, 2.05) is 12.1 Å². The average molecular weight is 291 g/mol. The minimum Gasteiger partial charge on any atom is -0.399 e. The third-order valence-electron chi connectivity index (χ3n) is 3.27. The van der Waals surface area contributed by atoms with Crippen molar-refractivity contribution < 1.29 is 9.59 Å². The van der Waals surface area contributed by atoms with Crippen molar-refractivity contribution in [3.63, 3.8) is 0 Å². The van der Waals surface area contributed by atoms with Crippen molar-refractivity contribution in [3.8, 4) is 0 Å². The number of unbranched alkanes of at least 4 members (excludes halogenated alkanes) is 3. The number of carbonyl (C=O) groups is 2. The largest absolute Gasteiger partial charge is 0.399 e. The number of amides is 2. The van der Waals surface area contributed by atoms with Gasteiger partial charge in [0.05, 0.1) is 6.54 Å². The molecule has 0 atom stereocenters. The molecule has 116 valence electrons. The van der Waals surface area contributed by atoms with Gasteiger partial charge < -0.3 is 16.4 Å². The van der Waals surface area contributed by atoms with Crippen LogP contribution in [0.15, 0.2) is 24.3 Å². The zero-order valence-corrected chi connectivity index (χ0v) is 12.7. The summed E-state index contributed by atoms with van der Waals surface area (Å²) >= 11 is 0. The van der Waals surface area contributed by atoms with Gasteiger partial charge in [-0.15, -0.1) is 0 Å². The molecule has 1 aromatic carbocycles. The Morgan fingerprint density at radius 1 is 1.19 bits per heavy atom. The van der Waals surface area contributed by atoms with Gasteiger partial charge in [0.1, 0.15) is 0 Å². The molecule has 0 unspecified atom stereocenters. The van der Waals surface area contributed by atoms with Crippen molar-refractivity contribution in [2.75, 3.05) is 12.3 Å². The van der Waals surface area contributed by atoms with Crippen LogP contribution >= 0.6 is 0 Å². The van der Waals surface area contributed by atoms with Crippen LogP contribution in [0.4, 0.5) is 5.69 Å². The molecule has 5 heteroatoms. The van der Waals surface area contributed by atoms with Crippen LogP contribution in [0.25, 0.3) is 0 Å². The standard InChI is InChI=1S/C16H25N3O2/c1-2-3-4-5-9-16(21)19(12-15(18)20)11-13-7-6-8-14(17)10-13/h6-8,10H,2-5,9,11-12,17H2,1H3,(H2,18,20). The van der Waals surface area contributed by atoms with Gasteiger partial charge in [0.2, 0.25) is 11.8 Å². The summed E-state index contributed by atoms with van der Waals surface area (Å²) in [4.78, 5) is 24.9. The van der Waals surface area contributed by atoms with Crippen molar-refractivity contribution in [1.29, 1.82) is 0 Å². The SMILES string of the molecule is CCCCCCC(=O)N(CC(N)=O)Cc1cccc(N)c1. The smallest absolute Gasteiger partial charge is 0.237 e. The number of nitrogens with zero attached hydrogens (tertiary/aromatic N) is 1. The lowest BCUT2D eigenvalue weighted by Crippen LogP contribution is -2.37. The van der Waals surface area contributed by atoms with E-state index in [9.17, 15) is 9.59 Å². The molecular weight excluding hydrogens is 266 g/mol. The second-order valence-electron chi connectivity index (χ2n) is 5.27. The van der Waals surface area contributed by atoms with Crippen molar-refractivity contribution in [3.05, 3.63) is 29.8 Å². The van der Waals surface area contributed by atoms with Crippen molar-refractivity contribution in [1.82, 2.24) is 4.90 Å². The lowest BCUT2D eigenvalue weighted by molar-refractivity contribution is -0.135. The molecule has 0 saturated heterocycles. The number of nitrogen functional groups attached to an aromatic ring is 1. The molecule has 0 heterocycles. The van der Waals surface area contributed by atoms with E-state index in [0.717, 1.165) is 31.2 Å². The van der Waals surface area contributed by atoms with Crippen LogP contribution in [0.2, 0.25) is 0 Å². The Bertz CT molecular complexity index is 474. The topological polar surface area (TPSA) is 89.4 Å². The fourth-order valence-electron chi connectivity index (χ4n) is 2.19. The Kier molecular flexibility index (Phi) is 7.29. The number of primary amides is 1. The first kappa shape index (κ1) is 17.0. The van der Waals surface area contributed by atoms with Crippen molar-refractivity contribution in [2.45, 2.75) is 45.6 Å². The Morgan fingerprint density at radius 3 is 2.57 bits per heavy atom. The number of rotatable bonds is 9. The van der Waals surface area contributed by atoms with Gasteiger partial charge in [-0.05, 0) is 24.1 Å². The van der Waals surface area contributed by atoms with Gasteiger partial charge in [-0.1, -0.05) is 38.3 Å². The molecule has 1 aromatic rings. The number of carbonyl (C=O) groups excluding carboxylic acids is 2. The Morgan fingerprint density at radius 2 is 1.95 bits per heavy atom. The molecular formula is C16H25N3O2. The molecule has 0 saturated carbocycles. The summed E-state index contributed by atoms with van der Waals surface area (Å²) < 4.78 is 0. The summed E-state index contributed by atoms with van der Waals surface area (Å²) in [5.41, 5.74) is 12.5. The maximum atomic E-state index is 12.2. The number of hydrogen-bond acceptors (Lipinski definition) is 3. The Balaban J connectivity index is 2.62. The molecule has 5 nitrogen and oxygen atoms in total. The van der Waals surface area contributed by atoms with E-state index in [1.165, 1.54) is 4.90 Å². The summed E-state index contributed by atoms with van der Waals surface area (Å²) in [6, 6.07) is 7.31. The summed E-state index contributed by atoms with van der Waals surface area (Å²) in [5.74, 6) is -0.534. The number of nitrogens with two attached hydrogens (primary N) is 2. The predicted molar refractivity (Wildman–Crippen MR) is 84.2 cm³/mol. The predicted octanol–water partition coefficient (Wildman–Crippen LogP) is 2.05. The van der Waals surface area contributed by atoms with Gasteiger partial charge in [-0.2, -0.15) is 0 Å². The maximum absolute atomic E-state index is 12.2. The fraction of sp³-hybridized carbons (Fsp3) is 0.500. The zero-order valence-electron chi connectivity index (χ0n) is 12.7. The molecule has 0 aliphatic rings. The van der Waals surface area contributed by atoms with E-state index in [0.29, 0.717) is 18.7 Å². The summed E-state index contributed by atoms with van der Waals surface area (Å²) in [7, 11) is 0. The van der Waals surface area contributed by atoms with Gasteiger partial charge in [0, 0.05) is 18.7 Å². The van der Waals surface area contributed by atoms with Crippen LogP contribution < -0.4 is 11.5 Å². The summed E-state index contributed by atoms with van der Waals surface area (Å²) in [6.07, 6.45) is 4.58. The monoisotopic (exact) mass is 291 g/mol. The van der Waals surface area contributed by atoms with E-state index in [4.69, 9.17) is 11.5 Å². The Hall–Kier alpha value is -2.04. The minimum atomic E-state index is -0.499. The summed E-state index contributed by atoms with van der Waals surface area (Å²) in [5, 5.41) is 0. The number of anilines is 1. The molecule has 0 fully saturated rings. The van der Waals surface area contributed by atoms with Gasteiger partial charge in [-0.25, -0.2) is 0 Å². The maximum Gasteiger partial charge on any atom is 0.237 e. The van der Waals surface area contributed by atoms with Crippen molar-refractivity contribution >= 4 is 17.5 Å². The van der Waals surface area contributed by atoms with Crippen LogP contribution in [0.1, 0.15) is 44.6 Å². The lowest BCUT2D eigenvalue weighted by Gasteiger charge is -2.21. The van der Waals surface area contributed by atoms with Crippen LogP contribution in [-0.4, -0.2) is 23.3 Å². The van der Waals surface area contributed by atoms with Crippen LogP contribution in [0, 0.1) is 0 Å². The van der Waals surface area contributed by atoms with E-state index in [2.05, 4.69) is 6.92 Å². The molecule has 21 heavy (non-hydrogen) atoms. The average Bonchev–Trinajstić information content (AvgIpc) is 2.42. The molecule has 4 N–H and O–H groups in total. The number of hydrogen-bond donors (Lipinski definition) is 2. The first-order chi connectivity index (χ1) is 10.0. The van der Waals surface area contributed by atoms with Gasteiger partial charge in [0.25, 0.3) is 0 Å². The molecule has 0 bridgehead atoms. The minimum absolute atomic E-state index is 0.0349. The van der Waals surface area contributed by atoms with Crippen LogP contribution in [0.3, 0.4) is 0 Å². The molecule has 1 rings (SSSR count). The van der Waals surface area contributed by atoms with Gasteiger partial charge >= 0.3 is 0 Å². The summed E-state index contributed by atoms with van der Waals surface area (Å²) in [6.45, 7) is 2.43. The molecule has 0 aliphatic carbocycles. The van der Waals surface area contributed by atoms with E-state index < -0.39 is 5.91 Å². The Labute approximate surface area is 126 Å². The van der Waals surface area contributed by atoms with E-state index in [1.54, 1.807) is 12.1 Å². The van der Waals surface area contributed by atoms with Gasteiger partial charge in [0.15, 0.2) is 0 Å².